The quantitative estimate of drug-likeness (QED) is 0.350. The van der Waals surface area contributed by atoms with Crippen molar-refractivity contribution < 1.29 is 28.9 Å². The van der Waals surface area contributed by atoms with E-state index in [1.54, 1.807) is 30.3 Å². The highest BCUT2D eigenvalue weighted by Crippen LogP contribution is 2.40. The molecule has 0 fully saturated rings. The van der Waals surface area contributed by atoms with Crippen molar-refractivity contribution in [3.8, 4) is 17.2 Å². The van der Waals surface area contributed by atoms with Gasteiger partial charge >= 0.3 is 5.97 Å². The lowest BCUT2D eigenvalue weighted by atomic mass is 10.1. The van der Waals surface area contributed by atoms with Gasteiger partial charge in [-0.25, -0.2) is 19.7 Å². The molecule has 5 rings (SSSR count). The van der Waals surface area contributed by atoms with E-state index in [1.165, 1.54) is 43.6 Å². The third kappa shape index (κ3) is 4.38. The Morgan fingerprint density at radius 3 is 2.30 bits per heavy atom. The minimum atomic E-state index is -1.03. The smallest absolute Gasteiger partial charge is 0.335 e. The molecule has 9 nitrogen and oxygen atoms in total. The number of aliphatic imine (C=N–C) groups is 1. The first-order valence-electron chi connectivity index (χ1n) is 11.1. The number of fused-ring (bicyclic) bond motifs is 1. The van der Waals surface area contributed by atoms with Crippen LogP contribution in [0.5, 0.6) is 17.2 Å². The number of benzene rings is 3. The molecule has 10 heteroatoms. The second kappa shape index (κ2) is 9.75. The zero-order valence-corrected chi connectivity index (χ0v) is 20.9. The molecule has 1 aliphatic rings. The maximum absolute atomic E-state index is 13.7. The maximum Gasteiger partial charge on any atom is 0.335 e. The average molecular weight is 516 g/mol. The van der Waals surface area contributed by atoms with E-state index in [0.717, 1.165) is 5.56 Å². The molecule has 0 bridgehead atoms. The zero-order chi connectivity index (χ0) is 26.1. The molecule has 37 heavy (non-hydrogen) atoms. The summed E-state index contributed by atoms with van der Waals surface area (Å²) in [6.07, 6.45) is 1.64. The number of amidine groups is 1. The number of amides is 1. The Hall–Kier alpha value is -4.70. The highest BCUT2D eigenvalue weighted by Gasteiger charge is 2.34. The number of aromatic carboxylic acids is 1. The normalized spacial score (nSPS) is 14.2. The number of methoxy groups -OCH3 is 3. The SMILES string of the molecule is COc1cc(/C=C2\N=C(c3ccccc3)N(c3nc4ccc(C(=O)O)cc4s3)C2=O)cc(OC)c1OC. The molecule has 4 aromatic rings. The molecule has 3 aromatic carbocycles. The molecular weight excluding hydrogens is 494 g/mol. The summed E-state index contributed by atoms with van der Waals surface area (Å²) in [5.41, 5.74) is 2.29. The lowest BCUT2D eigenvalue weighted by Crippen LogP contribution is -2.32. The van der Waals surface area contributed by atoms with Gasteiger partial charge in [0.15, 0.2) is 16.6 Å². The van der Waals surface area contributed by atoms with E-state index in [-0.39, 0.29) is 17.2 Å². The maximum atomic E-state index is 13.7. The Kier molecular flexibility index (Phi) is 6.33. The van der Waals surface area contributed by atoms with Crippen molar-refractivity contribution in [2.45, 2.75) is 0 Å². The van der Waals surface area contributed by atoms with Crippen LogP contribution in [0.25, 0.3) is 16.3 Å². The summed E-state index contributed by atoms with van der Waals surface area (Å²) in [5, 5.41) is 9.73. The van der Waals surface area contributed by atoms with Crippen LogP contribution in [0.2, 0.25) is 0 Å². The van der Waals surface area contributed by atoms with Gasteiger partial charge < -0.3 is 19.3 Å². The molecule has 0 saturated carbocycles. The summed E-state index contributed by atoms with van der Waals surface area (Å²) < 4.78 is 16.9. The lowest BCUT2D eigenvalue weighted by Gasteiger charge is -2.15. The number of rotatable bonds is 7. The molecule has 0 atom stereocenters. The predicted octanol–water partition coefficient (Wildman–Crippen LogP) is 4.85. The average Bonchev–Trinajstić information content (AvgIpc) is 3.48. The van der Waals surface area contributed by atoms with Crippen LogP contribution >= 0.6 is 11.3 Å². The van der Waals surface area contributed by atoms with E-state index in [1.807, 2.05) is 30.3 Å². The van der Waals surface area contributed by atoms with Crippen LogP contribution < -0.4 is 19.1 Å². The van der Waals surface area contributed by atoms with Gasteiger partial charge in [-0.2, -0.15) is 0 Å². The van der Waals surface area contributed by atoms with Crippen molar-refractivity contribution in [3.63, 3.8) is 0 Å². The van der Waals surface area contributed by atoms with Crippen LogP contribution in [0.15, 0.2) is 71.4 Å². The summed E-state index contributed by atoms with van der Waals surface area (Å²) >= 11 is 1.22. The molecular formula is C27H21N3O6S. The zero-order valence-electron chi connectivity index (χ0n) is 20.1. The minimum absolute atomic E-state index is 0.149. The van der Waals surface area contributed by atoms with Crippen LogP contribution in [0.3, 0.4) is 0 Å². The van der Waals surface area contributed by atoms with Gasteiger partial charge in [-0.15, -0.1) is 0 Å². The van der Waals surface area contributed by atoms with Gasteiger partial charge in [0.05, 0.1) is 37.1 Å². The van der Waals surface area contributed by atoms with Gasteiger partial charge in [0.25, 0.3) is 5.91 Å². The lowest BCUT2D eigenvalue weighted by molar-refractivity contribution is -0.113. The number of carboxylic acids is 1. The second-order valence-corrected chi connectivity index (χ2v) is 8.92. The summed E-state index contributed by atoms with van der Waals surface area (Å²) in [5.74, 6) is 0.352. The molecule has 1 amide bonds. The van der Waals surface area contributed by atoms with Gasteiger partial charge in [-0.1, -0.05) is 41.7 Å². The van der Waals surface area contributed by atoms with Crippen molar-refractivity contribution in [1.82, 2.24) is 4.98 Å². The number of thiazole rings is 1. The number of anilines is 1. The molecule has 0 spiro atoms. The Balaban J connectivity index is 1.63. The van der Waals surface area contributed by atoms with Crippen LogP contribution in [0, 0.1) is 0 Å². The number of hydrogen-bond donors (Lipinski definition) is 1. The first-order chi connectivity index (χ1) is 17.9. The highest BCUT2D eigenvalue weighted by molar-refractivity contribution is 7.22. The molecule has 0 aliphatic carbocycles. The molecule has 1 aromatic heterocycles. The fourth-order valence-corrected chi connectivity index (χ4v) is 4.96. The Labute approximate surface area is 215 Å². The van der Waals surface area contributed by atoms with E-state index in [2.05, 4.69) is 9.98 Å². The van der Waals surface area contributed by atoms with E-state index in [9.17, 15) is 14.7 Å². The molecule has 0 radical (unpaired) electrons. The van der Waals surface area contributed by atoms with E-state index >= 15 is 0 Å². The molecule has 0 saturated heterocycles. The molecule has 186 valence electrons. The molecule has 0 unspecified atom stereocenters. The Morgan fingerprint density at radius 2 is 1.68 bits per heavy atom. The van der Waals surface area contributed by atoms with Crippen molar-refractivity contribution in [1.29, 1.82) is 0 Å². The van der Waals surface area contributed by atoms with E-state index < -0.39 is 5.97 Å². The van der Waals surface area contributed by atoms with Crippen molar-refractivity contribution in [3.05, 3.63) is 83.1 Å². The van der Waals surface area contributed by atoms with Gasteiger partial charge in [0.1, 0.15) is 11.5 Å². The topological polar surface area (TPSA) is 111 Å². The van der Waals surface area contributed by atoms with Crippen LogP contribution in [0.4, 0.5) is 5.13 Å². The summed E-state index contributed by atoms with van der Waals surface area (Å²) in [7, 11) is 4.56. The molecule has 2 heterocycles. The number of carboxylic acid groups (broad SMARTS) is 1. The van der Waals surface area contributed by atoms with Gasteiger partial charge in [-0.3, -0.25) is 4.79 Å². The summed E-state index contributed by atoms with van der Waals surface area (Å²) in [6, 6.07) is 17.4. The summed E-state index contributed by atoms with van der Waals surface area (Å²) in [4.78, 5) is 35.8. The van der Waals surface area contributed by atoms with E-state index in [4.69, 9.17) is 14.2 Å². The molecule has 1 N–H and O–H groups in total. The fraction of sp³-hybridized carbons (Fsp3) is 0.111. The van der Waals surface area contributed by atoms with Gasteiger partial charge in [-0.05, 0) is 42.0 Å². The van der Waals surface area contributed by atoms with Crippen LogP contribution in [-0.2, 0) is 4.79 Å². The number of hydrogen-bond acceptors (Lipinski definition) is 8. The number of carbonyl (C=O) groups excluding carboxylic acids is 1. The first-order valence-corrected chi connectivity index (χ1v) is 11.9. The van der Waals surface area contributed by atoms with Gasteiger partial charge in [0, 0.05) is 5.56 Å². The second-order valence-electron chi connectivity index (χ2n) is 7.91. The number of aromatic nitrogens is 1. The van der Waals surface area contributed by atoms with Crippen molar-refractivity contribution >= 4 is 50.5 Å². The predicted molar refractivity (Wildman–Crippen MR) is 141 cm³/mol. The summed E-state index contributed by atoms with van der Waals surface area (Å²) in [6.45, 7) is 0. The first kappa shape index (κ1) is 24.0. The fourth-order valence-electron chi connectivity index (χ4n) is 3.96. The molecule has 1 aliphatic heterocycles. The minimum Gasteiger partial charge on any atom is -0.493 e. The Bertz CT molecular complexity index is 1570. The number of nitrogens with zero attached hydrogens (tertiary/aromatic N) is 3. The van der Waals surface area contributed by atoms with Crippen LogP contribution in [0.1, 0.15) is 21.5 Å². The third-order valence-corrected chi connectivity index (χ3v) is 6.70. The monoisotopic (exact) mass is 515 g/mol. The van der Waals surface area contributed by atoms with Crippen LogP contribution in [-0.4, -0.2) is 49.1 Å². The number of carbonyl (C=O) groups is 2. The van der Waals surface area contributed by atoms with E-state index in [0.29, 0.717) is 44.0 Å². The van der Waals surface area contributed by atoms with Crippen molar-refractivity contribution in [2.24, 2.45) is 4.99 Å². The third-order valence-electron chi connectivity index (χ3n) is 5.70. The number of ether oxygens (including phenoxy) is 3. The largest absolute Gasteiger partial charge is 0.493 e. The Morgan fingerprint density at radius 1 is 0.973 bits per heavy atom. The van der Waals surface area contributed by atoms with Crippen molar-refractivity contribution in [2.75, 3.05) is 26.2 Å². The highest BCUT2D eigenvalue weighted by atomic mass is 32.1. The standard InChI is InChI=1S/C27H21N3O6S/c1-34-20-12-15(13-21(35-2)23(20)36-3)11-19-25(31)30(24(28-19)16-7-5-4-6-8-16)27-29-18-10-9-17(26(32)33)14-22(18)37-27/h4-14H,1-3H3,(H,32,33)/b19-11-. The van der Waals surface area contributed by atoms with Gasteiger partial charge in [0.2, 0.25) is 5.75 Å².